The van der Waals surface area contributed by atoms with Gasteiger partial charge in [-0.25, -0.2) is 0 Å². The number of rotatable bonds is 3. The summed E-state index contributed by atoms with van der Waals surface area (Å²) in [6.45, 7) is 0. The fourth-order valence-corrected chi connectivity index (χ4v) is 5.70. The van der Waals surface area contributed by atoms with Crippen LogP contribution in [0.25, 0.3) is 87.6 Å². The van der Waals surface area contributed by atoms with Crippen LogP contribution in [0.15, 0.2) is 162 Å². The fourth-order valence-electron chi connectivity index (χ4n) is 5.70. The van der Waals surface area contributed by atoms with Crippen LogP contribution in [-0.2, 0) is 0 Å². The quantitative estimate of drug-likeness (QED) is 0.195. The Balaban J connectivity index is 1.42. The van der Waals surface area contributed by atoms with Crippen molar-refractivity contribution in [3.8, 4) is 33.4 Å². The zero-order valence-corrected chi connectivity index (χ0v) is 22.0. The smallest absolute Gasteiger partial charge is 0.135 e. The van der Waals surface area contributed by atoms with E-state index < -0.39 is 54.4 Å². The fraction of sp³-hybridized carbons (Fsp3) is 0. The van der Waals surface area contributed by atoms with Crippen LogP contribution in [0.1, 0.15) is 24.7 Å². The van der Waals surface area contributed by atoms with Crippen LogP contribution in [0.2, 0.25) is 0 Å². The molecule has 43 heavy (non-hydrogen) atoms. The molecule has 0 saturated heterocycles. The highest BCUT2D eigenvalue weighted by atomic mass is 16.3. The van der Waals surface area contributed by atoms with E-state index in [0.29, 0.717) is 0 Å². The van der Waals surface area contributed by atoms with E-state index in [1.165, 1.54) is 48.5 Å². The van der Waals surface area contributed by atoms with Crippen molar-refractivity contribution in [1.29, 1.82) is 0 Å². The van der Waals surface area contributed by atoms with Gasteiger partial charge in [0, 0.05) is 10.8 Å². The Hall–Kier alpha value is -5.66. The van der Waals surface area contributed by atoms with Gasteiger partial charge in [-0.15, -0.1) is 0 Å². The van der Waals surface area contributed by atoms with Crippen molar-refractivity contribution in [2.45, 2.75) is 0 Å². The van der Waals surface area contributed by atoms with Crippen molar-refractivity contribution >= 4 is 54.3 Å². The Kier molecular flexibility index (Phi) is 2.70. The number of para-hydroxylation sites is 1. The molecule has 0 aliphatic heterocycles. The molecule has 1 nitrogen and oxygen atoms in total. The van der Waals surface area contributed by atoms with Crippen LogP contribution in [0, 0.1) is 0 Å². The molecule has 0 amide bonds. The number of furan rings is 1. The Morgan fingerprint density at radius 3 is 1.70 bits per heavy atom. The zero-order valence-electron chi connectivity index (χ0n) is 40.0. The van der Waals surface area contributed by atoms with E-state index in [2.05, 4.69) is 0 Å². The largest absolute Gasteiger partial charge is 0.456 e. The van der Waals surface area contributed by atoms with E-state index in [9.17, 15) is 5.48 Å². The number of fused-ring (bicyclic) bond motifs is 6. The summed E-state index contributed by atoms with van der Waals surface area (Å²) in [6, 6.07) is 3.41. The highest BCUT2D eigenvalue weighted by Gasteiger charge is 2.18. The molecule has 0 N–H and O–H groups in total. The summed E-state index contributed by atoms with van der Waals surface area (Å²) in [7, 11) is 0. The molecule has 0 spiro atoms. The van der Waals surface area contributed by atoms with Crippen molar-refractivity contribution < 1.29 is 29.1 Å². The second-order valence-electron chi connectivity index (χ2n) is 9.88. The van der Waals surface area contributed by atoms with E-state index in [4.69, 9.17) is 23.6 Å². The van der Waals surface area contributed by atoms with Gasteiger partial charge in [-0.05, 0) is 83.8 Å². The van der Waals surface area contributed by atoms with Crippen LogP contribution < -0.4 is 0 Å². The Morgan fingerprint density at radius 1 is 0.372 bits per heavy atom. The minimum absolute atomic E-state index is 0.00690. The molecule has 9 rings (SSSR count). The number of benzene rings is 8. The predicted molar refractivity (Wildman–Crippen MR) is 183 cm³/mol. The molecule has 0 bridgehead atoms. The minimum atomic E-state index is -0.605. The lowest BCUT2D eigenvalue weighted by Crippen LogP contribution is -1.91. The minimum Gasteiger partial charge on any atom is -0.456 e. The number of hydrogen-bond acceptors (Lipinski definition) is 1. The van der Waals surface area contributed by atoms with E-state index in [1.807, 2.05) is 0 Å². The second-order valence-corrected chi connectivity index (χ2v) is 9.88. The van der Waals surface area contributed by atoms with Gasteiger partial charge in [0.05, 0.1) is 24.7 Å². The van der Waals surface area contributed by atoms with Crippen LogP contribution in [0.5, 0.6) is 0 Å². The lowest BCUT2D eigenvalue weighted by Gasteiger charge is -2.18. The molecule has 9 aromatic rings. The first-order valence-corrected chi connectivity index (χ1v) is 13.3. The maximum absolute atomic E-state index is 9.56. The predicted octanol–water partition coefficient (Wildman–Crippen LogP) is 12.0. The molecule has 200 valence electrons. The van der Waals surface area contributed by atoms with Gasteiger partial charge in [-0.1, -0.05) is 139 Å². The van der Waals surface area contributed by atoms with E-state index >= 15 is 0 Å². The lowest BCUT2D eigenvalue weighted by molar-refractivity contribution is 0.669. The Morgan fingerprint density at radius 2 is 0.953 bits per heavy atom. The van der Waals surface area contributed by atoms with Crippen molar-refractivity contribution in [3.63, 3.8) is 0 Å². The first kappa shape index (κ1) is 12.3. The van der Waals surface area contributed by atoms with Crippen molar-refractivity contribution in [2.24, 2.45) is 0 Å². The molecule has 0 aliphatic carbocycles. The van der Waals surface area contributed by atoms with Crippen LogP contribution in [-0.4, -0.2) is 0 Å². The highest BCUT2D eigenvalue weighted by molar-refractivity contribution is 6.22. The summed E-state index contributed by atoms with van der Waals surface area (Å²) in [6.07, 6.45) is 0. The van der Waals surface area contributed by atoms with Gasteiger partial charge in [0.15, 0.2) is 0 Å². The number of hydrogen-bond donors (Lipinski definition) is 0. The van der Waals surface area contributed by atoms with Gasteiger partial charge in [0.25, 0.3) is 0 Å². The van der Waals surface area contributed by atoms with Crippen LogP contribution >= 0.6 is 0 Å². The van der Waals surface area contributed by atoms with E-state index in [0.717, 1.165) is 0 Å². The third-order valence-electron chi connectivity index (χ3n) is 7.58. The van der Waals surface area contributed by atoms with Gasteiger partial charge >= 0.3 is 0 Å². The van der Waals surface area contributed by atoms with Crippen molar-refractivity contribution in [2.75, 3.05) is 0 Å². The molecule has 0 aliphatic rings. The van der Waals surface area contributed by atoms with Gasteiger partial charge < -0.3 is 4.42 Å². The Bertz CT molecular complexity index is 3430. The summed E-state index contributed by atoms with van der Waals surface area (Å²) >= 11 is 0. The molecular formula is C42H26O. The molecular weight excluding hydrogens is 520 g/mol. The summed E-state index contributed by atoms with van der Waals surface area (Å²) in [4.78, 5) is 0. The second kappa shape index (κ2) is 9.44. The van der Waals surface area contributed by atoms with Gasteiger partial charge in [-0.2, -0.15) is 0 Å². The van der Waals surface area contributed by atoms with E-state index in [1.54, 1.807) is 0 Å². The summed E-state index contributed by atoms with van der Waals surface area (Å²) in [5, 5.41) is 0.458. The topological polar surface area (TPSA) is 13.1 Å². The molecule has 0 atom stereocenters. The normalized spacial score (nSPS) is 17.6. The van der Waals surface area contributed by atoms with Crippen molar-refractivity contribution in [1.82, 2.24) is 0 Å². The molecule has 0 unspecified atom stereocenters. The average Bonchev–Trinajstić information content (AvgIpc) is 3.62. The van der Waals surface area contributed by atoms with Crippen LogP contribution in [0.3, 0.4) is 0 Å². The highest BCUT2D eigenvalue weighted by Crippen LogP contribution is 2.45. The first-order valence-electron chi connectivity index (χ1n) is 22.3. The van der Waals surface area contributed by atoms with Gasteiger partial charge in [0.1, 0.15) is 11.2 Å². The van der Waals surface area contributed by atoms with Crippen LogP contribution in [0.4, 0.5) is 0 Å². The lowest BCUT2D eigenvalue weighted by atomic mass is 9.85. The Labute approximate surface area is 274 Å². The summed E-state index contributed by atoms with van der Waals surface area (Å²) in [5.41, 5.74) is -0.206. The third-order valence-corrected chi connectivity index (χ3v) is 7.58. The third kappa shape index (κ3) is 3.72. The molecule has 1 heterocycles. The monoisotopic (exact) mass is 564 g/mol. The molecule has 1 heteroatoms. The summed E-state index contributed by atoms with van der Waals surface area (Å²) < 4.78 is 163. The molecule has 0 saturated carbocycles. The molecule has 0 radical (unpaired) electrons. The van der Waals surface area contributed by atoms with Gasteiger partial charge in [-0.3, -0.25) is 0 Å². The first-order chi connectivity index (χ1) is 28.7. The average molecular weight is 565 g/mol. The summed E-state index contributed by atoms with van der Waals surface area (Å²) in [5.74, 6) is 0. The SMILES string of the molecule is [2H]c1cc2c(-c3cc([2H])c(-c4cc([2H])c([2H])c5c([2H])c([2H])c([2H])cc45)c([2H])c3)c3cc([2H])c([2H])cc3c(-c3c([2H])c([2H])c4oc5c([2H])c([2H])c([2H])c([2H])c5c4c3[2H])c2cc1[2H]. The molecule has 0 fully saturated rings. The van der Waals surface area contributed by atoms with Crippen molar-refractivity contribution in [3.05, 3.63) is 157 Å². The maximum atomic E-state index is 9.56. The molecule has 1 aromatic heterocycles. The standard InChI is InChI=1S/C42H26O/c1-2-12-31-27(10-1)11-9-18-32(31)28-20-22-29(23-21-28)41-34-14-3-5-16-36(34)42(37-17-6-4-15-35(37)41)30-24-25-40-38(26-30)33-13-7-8-19-39(33)43-40/h1-26H/i1D,2D,3D,4D,5D,6D,7D,8D,9D,10D,11D,13D,19D,20D,21D,24D,25D,26D. The van der Waals surface area contributed by atoms with E-state index in [-0.39, 0.29) is 142 Å². The van der Waals surface area contributed by atoms with Gasteiger partial charge in [0.2, 0.25) is 0 Å². The zero-order chi connectivity index (χ0) is 44.0. The molecule has 8 aromatic carbocycles. The maximum Gasteiger partial charge on any atom is 0.135 e.